The van der Waals surface area contributed by atoms with Gasteiger partial charge in [-0.1, -0.05) is 58.0 Å². The Morgan fingerprint density at radius 2 is 1.50 bits per heavy atom. The molecule has 1 amide bonds. The summed E-state index contributed by atoms with van der Waals surface area (Å²) in [6.45, 7) is 9.14. The minimum absolute atomic E-state index is 0.0750. The Morgan fingerprint density at radius 1 is 0.958 bits per heavy atom. The van der Waals surface area contributed by atoms with E-state index in [4.69, 9.17) is 4.74 Å². The van der Waals surface area contributed by atoms with Crippen molar-refractivity contribution in [2.45, 2.75) is 46.1 Å². The smallest absolute Gasteiger partial charge is 0.255 e. The normalized spacial score (nSPS) is 11.1. The lowest BCUT2D eigenvalue weighted by atomic mass is 9.92. The summed E-state index contributed by atoms with van der Waals surface area (Å²) in [4.78, 5) is 12.7. The lowest BCUT2D eigenvalue weighted by molar-refractivity contribution is 0.102. The lowest BCUT2D eigenvalue weighted by Crippen LogP contribution is -2.16. The van der Waals surface area contributed by atoms with Crippen LogP contribution in [0.3, 0.4) is 0 Å². The molecule has 2 aromatic carbocycles. The second kappa shape index (κ2) is 8.11. The van der Waals surface area contributed by atoms with Gasteiger partial charge in [0.25, 0.3) is 5.91 Å². The predicted molar refractivity (Wildman–Crippen MR) is 99.7 cm³/mol. The highest BCUT2D eigenvalue weighted by Crippen LogP contribution is 2.32. The van der Waals surface area contributed by atoms with Crippen LogP contribution in [-0.2, 0) is 11.3 Å². The number of methoxy groups -OCH3 is 1. The predicted octanol–water partition coefficient (Wildman–Crippen LogP) is 5.33. The highest BCUT2D eigenvalue weighted by molar-refractivity contribution is 6.05. The molecule has 1 N–H and O–H groups in total. The number of nitrogens with one attached hydrogen (secondary N) is 1. The Labute approximate surface area is 145 Å². The Kier molecular flexibility index (Phi) is 6.16. The van der Waals surface area contributed by atoms with Crippen molar-refractivity contribution < 1.29 is 9.53 Å². The quantitative estimate of drug-likeness (QED) is 0.779. The van der Waals surface area contributed by atoms with Crippen LogP contribution in [0.2, 0.25) is 0 Å². The molecule has 0 saturated heterocycles. The molecular formula is C21H27NO2. The summed E-state index contributed by atoms with van der Waals surface area (Å²) in [5.74, 6) is 0.625. The minimum atomic E-state index is -0.0750. The van der Waals surface area contributed by atoms with Gasteiger partial charge in [-0.2, -0.15) is 0 Å². The molecule has 0 saturated carbocycles. The van der Waals surface area contributed by atoms with Crippen LogP contribution >= 0.6 is 0 Å². The summed E-state index contributed by atoms with van der Waals surface area (Å²) >= 11 is 0. The van der Waals surface area contributed by atoms with Crippen molar-refractivity contribution in [1.29, 1.82) is 0 Å². The van der Waals surface area contributed by atoms with Crippen LogP contribution in [0.1, 0.15) is 66.6 Å². The summed E-state index contributed by atoms with van der Waals surface area (Å²) in [5.41, 5.74) is 5.01. The third kappa shape index (κ3) is 4.24. The molecule has 0 atom stereocenters. The first-order valence-electron chi connectivity index (χ1n) is 8.46. The Hall–Kier alpha value is -2.13. The molecular weight excluding hydrogens is 298 g/mol. The number of benzene rings is 2. The highest BCUT2D eigenvalue weighted by atomic mass is 16.5. The molecule has 0 aliphatic rings. The maximum absolute atomic E-state index is 12.7. The van der Waals surface area contributed by atoms with Gasteiger partial charge in [-0.05, 0) is 40.7 Å². The van der Waals surface area contributed by atoms with E-state index in [-0.39, 0.29) is 5.91 Å². The fourth-order valence-electron chi connectivity index (χ4n) is 2.80. The van der Waals surface area contributed by atoms with Crippen molar-refractivity contribution in [3.63, 3.8) is 0 Å². The van der Waals surface area contributed by atoms with Gasteiger partial charge in [0.05, 0.1) is 6.61 Å². The van der Waals surface area contributed by atoms with E-state index in [1.165, 1.54) is 11.1 Å². The first-order chi connectivity index (χ1) is 11.4. The molecule has 0 heterocycles. The highest BCUT2D eigenvalue weighted by Gasteiger charge is 2.16. The number of anilines is 1. The van der Waals surface area contributed by atoms with Crippen LogP contribution in [0.4, 0.5) is 5.69 Å². The molecule has 128 valence electrons. The van der Waals surface area contributed by atoms with E-state index < -0.39 is 0 Å². The molecule has 0 bridgehead atoms. The van der Waals surface area contributed by atoms with Crippen LogP contribution in [0, 0.1) is 0 Å². The standard InChI is InChI=1S/C21H27NO2/c1-14(2)18-7-6-8-19(15(3)4)20(18)22-21(23)17-11-9-16(10-12-17)13-24-5/h6-12,14-15H,13H2,1-5H3,(H,22,23). The van der Waals surface area contributed by atoms with Gasteiger partial charge in [0.2, 0.25) is 0 Å². The topological polar surface area (TPSA) is 38.3 Å². The lowest BCUT2D eigenvalue weighted by Gasteiger charge is -2.20. The minimum Gasteiger partial charge on any atom is -0.380 e. The maximum atomic E-state index is 12.7. The third-order valence-corrected chi connectivity index (χ3v) is 4.14. The number of para-hydroxylation sites is 1. The SMILES string of the molecule is COCc1ccc(C(=O)Nc2c(C(C)C)cccc2C(C)C)cc1. The van der Waals surface area contributed by atoms with Crippen LogP contribution in [0.5, 0.6) is 0 Å². The average molecular weight is 325 g/mol. The molecule has 0 unspecified atom stereocenters. The Morgan fingerprint density at radius 3 is 1.96 bits per heavy atom. The first kappa shape index (κ1) is 18.2. The number of rotatable bonds is 6. The van der Waals surface area contributed by atoms with Gasteiger partial charge in [0, 0.05) is 18.4 Å². The third-order valence-electron chi connectivity index (χ3n) is 4.14. The monoisotopic (exact) mass is 325 g/mol. The zero-order valence-corrected chi connectivity index (χ0v) is 15.2. The molecule has 0 spiro atoms. The van der Waals surface area contributed by atoms with Gasteiger partial charge in [-0.25, -0.2) is 0 Å². The largest absolute Gasteiger partial charge is 0.380 e. The molecule has 0 aromatic heterocycles. The Balaban J connectivity index is 2.30. The van der Waals surface area contributed by atoms with Crippen molar-refractivity contribution in [3.05, 3.63) is 64.7 Å². The van der Waals surface area contributed by atoms with Crippen molar-refractivity contribution in [3.8, 4) is 0 Å². The summed E-state index contributed by atoms with van der Waals surface area (Å²) in [7, 11) is 1.66. The van der Waals surface area contributed by atoms with E-state index in [1.54, 1.807) is 7.11 Å². The van der Waals surface area contributed by atoms with Gasteiger partial charge in [-0.15, -0.1) is 0 Å². The maximum Gasteiger partial charge on any atom is 0.255 e. The zero-order valence-electron chi connectivity index (χ0n) is 15.2. The van der Waals surface area contributed by atoms with Crippen LogP contribution in [0.25, 0.3) is 0 Å². The summed E-state index contributed by atoms with van der Waals surface area (Å²) in [5, 5.41) is 3.14. The van der Waals surface area contributed by atoms with E-state index in [0.29, 0.717) is 24.0 Å². The van der Waals surface area contributed by atoms with Gasteiger partial charge < -0.3 is 10.1 Å². The number of carbonyl (C=O) groups excluding carboxylic acids is 1. The zero-order chi connectivity index (χ0) is 17.7. The number of carbonyl (C=O) groups is 1. The average Bonchev–Trinajstić information content (AvgIpc) is 2.55. The summed E-state index contributed by atoms with van der Waals surface area (Å²) < 4.78 is 5.11. The van der Waals surface area contributed by atoms with Gasteiger partial charge in [0.1, 0.15) is 0 Å². The molecule has 24 heavy (non-hydrogen) atoms. The molecule has 0 fully saturated rings. The van der Waals surface area contributed by atoms with Crippen LogP contribution < -0.4 is 5.32 Å². The number of ether oxygens (including phenoxy) is 1. The van der Waals surface area contributed by atoms with Gasteiger partial charge >= 0.3 is 0 Å². The van der Waals surface area contributed by atoms with Crippen molar-refractivity contribution in [2.75, 3.05) is 12.4 Å². The van der Waals surface area contributed by atoms with Gasteiger partial charge in [-0.3, -0.25) is 4.79 Å². The summed E-state index contributed by atoms with van der Waals surface area (Å²) in [6, 6.07) is 13.8. The second-order valence-electron chi connectivity index (χ2n) is 6.70. The number of hydrogen-bond donors (Lipinski definition) is 1. The number of amides is 1. The van der Waals surface area contributed by atoms with E-state index in [9.17, 15) is 4.79 Å². The van der Waals surface area contributed by atoms with Crippen LogP contribution in [0.15, 0.2) is 42.5 Å². The number of hydrogen-bond acceptors (Lipinski definition) is 2. The molecule has 2 aromatic rings. The van der Waals surface area contributed by atoms with Gasteiger partial charge in [0.15, 0.2) is 0 Å². The van der Waals surface area contributed by atoms with E-state index in [1.807, 2.05) is 24.3 Å². The van der Waals surface area contributed by atoms with Crippen molar-refractivity contribution in [2.24, 2.45) is 0 Å². The molecule has 0 aliphatic heterocycles. The van der Waals surface area contributed by atoms with E-state index in [0.717, 1.165) is 11.3 Å². The second-order valence-corrected chi connectivity index (χ2v) is 6.70. The van der Waals surface area contributed by atoms with E-state index in [2.05, 4.69) is 51.2 Å². The van der Waals surface area contributed by atoms with Crippen molar-refractivity contribution in [1.82, 2.24) is 0 Å². The first-order valence-corrected chi connectivity index (χ1v) is 8.46. The fourth-order valence-corrected chi connectivity index (χ4v) is 2.80. The molecule has 0 aliphatic carbocycles. The van der Waals surface area contributed by atoms with Crippen molar-refractivity contribution >= 4 is 11.6 Å². The van der Waals surface area contributed by atoms with E-state index >= 15 is 0 Å². The molecule has 2 rings (SSSR count). The molecule has 0 radical (unpaired) electrons. The molecule has 3 heteroatoms. The molecule has 3 nitrogen and oxygen atoms in total. The summed E-state index contributed by atoms with van der Waals surface area (Å²) in [6.07, 6.45) is 0. The van der Waals surface area contributed by atoms with Crippen LogP contribution in [-0.4, -0.2) is 13.0 Å². The fraction of sp³-hybridized carbons (Fsp3) is 0.381. The Bertz CT molecular complexity index is 661.